The van der Waals surface area contributed by atoms with Gasteiger partial charge in [-0.15, -0.1) is 0 Å². The lowest BCUT2D eigenvalue weighted by atomic mass is 10.1. The van der Waals surface area contributed by atoms with Gasteiger partial charge in [0, 0.05) is 13.1 Å². The van der Waals surface area contributed by atoms with Crippen molar-refractivity contribution in [2.45, 2.75) is 38.8 Å². The van der Waals surface area contributed by atoms with Gasteiger partial charge in [-0.2, -0.15) is 0 Å². The maximum absolute atomic E-state index is 9.24. The molecule has 3 nitrogen and oxygen atoms in total. The molecule has 0 aromatic rings. The monoisotopic (exact) mass is 187 g/mol. The number of piperidine rings is 1. The molecule has 0 amide bonds. The van der Waals surface area contributed by atoms with Gasteiger partial charge in [0.15, 0.2) is 0 Å². The molecule has 0 aliphatic carbocycles. The van der Waals surface area contributed by atoms with Crippen molar-refractivity contribution in [2.75, 3.05) is 26.3 Å². The summed E-state index contributed by atoms with van der Waals surface area (Å²) in [6, 6.07) is 0.655. The molecule has 2 aliphatic heterocycles. The molecule has 0 aromatic heterocycles. The standard InChI is InChI=1S/C8H15NO2.C2H6/c10-8-1-3-9(4-2-8)7-5-11-6-7;1-2/h7-8,10H,1-6H2;1-2H3. The number of aliphatic hydroxyl groups is 1. The van der Waals surface area contributed by atoms with E-state index in [0.29, 0.717) is 6.04 Å². The molecule has 0 aromatic carbocycles. The Kier molecular flexibility index (Phi) is 4.70. The van der Waals surface area contributed by atoms with Gasteiger partial charge >= 0.3 is 0 Å². The fourth-order valence-corrected chi connectivity index (χ4v) is 1.69. The van der Waals surface area contributed by atoms with Gasteiger partial charge in [0.05, 0.1) is 25.4 Å². The molecule has 3 heteroatoms. The van der Waals surface area contributed by atoms with E-state index in [2.05, 4.69) is 4.90 Å². The molecule has 78 valence electrons. The van der Waals surface area contributed by atoms with Crippen LogP contribution >= 0.6 is 0 Å². The Morgan fingerprint density at radius 2 is 1.69 bits per heavy atom. The second-order valence-electron chi connectivity index (χ2n) is 3.46. The van der Waals surface area contributed by atoms with Crippen molar-refractivity contribution in [3.63, 3.8) is 0 Å². The molecule has 0 saturated carbocycles. The van der Waals surface area contributed by atoms with Crippen LogP contribution in [0, 0.1) is 0 Å². The lowest BCUT2D eigenvalue weighted by Gasteiger charge is -2.40. The zero-order valence-electron chi connectivity index (χ0n) is 8.70. The zero-order valence-corrected chi connectivity index (χ0v) is 8.70. The topological polar surface area (TPSA) is 32.7 Å². The van der Waals surface area contributed by atoms with Crippen LogP contribution in [0.1, 0.15) is 26.7 Å². The molecule has 0 atom stereocenters. The largest absolute Gasteiger partial charge is 0.393 e. The van der Waals surface area contributed by atoms with Crippen LogP contribution in [0.2, 0.25) is 0 Å². The zero-order chi connectivity index (χ0) is 9.68. The number of rotatable bonds is 1. The van der Waals surface area contributed by atoms with Crippen molar-refractivity contribution in [3.05, 3.63) is 0 Å². The summed E-state index contributed by atoms with van der Waals surface area (Å²) >= 11 is 0. The van der Waals surface area contributed by atoms with E-state index in [4.69, 9.17) is 4.74 Å². The average Bonchev–Trinajstić information content (AvgIpc) is 2.09. The summed E-state index contributed by atoms with van der Waals surface area (Å²) in [4.78, 5) is 2.43. The predicted octanol–water partition coefficient (Wildman–Crippen LogP) is 0.868. The Labute approximate surface area is 80.7 Å². The molecule has 2 heterocycles. The van der Waals surface area contributed by atoms with E-state index >= 15 is 0 Å². The number of nitrogens with zero attached hydrogens (tertiary/aromatic N) is 1. The summed E-state index contributed by atoms with van der Waals surface area (Å²) < 4.78 is 5.11. The van der Waals surface area contributed by atoms with Crippen LogP contribution in [0.5, 0.6) is 0 Å². The summed E-state index contributed by atoms with van der Waals surface area (Å²) in [5.74, 6) is 0. The third kappa shape index (κ3) is 2.93. The lowest BCUT2D eigenvalue weighted by Crippen LogP contribution is -2.52. The summed E-state index contributed by atoms with van der Waals surface area (Å²) in [5.41, 5.74) is 0. The molecule has 0 spiro atoms. The summed E-state index contributed by atoms with van der Waals surface area (Å²) in [7, 11) is 0. The van der Waals surface area contributed by atoms with Gasteiger partial charge in [0.1, 0.15) is 0 Å². The molecular formula is C10H21NO2. The van der Waals surface area contributed by atoms with Crippen LogP contribution in [0.25, 0.3) is 0 Å². The number of likely N-dealkylation sites (tertiary alicyclic amines) is 1. The smallest absolute Gasteiger partial charge is 0.0645 e. The Bertz CT molecular complexity index is 129. The molecular weight excluding hydrogens is 166 g/mol. The van der Waals surface area contributed by atoms with Gasteiger partial charge in [-0.05, 0) is 12.8 Å². The Hall–Kier alpha value is -0.120. The van der Waals surface area contributed by atoms with Crippen molar-refractivity contribution in [1.82, 2.24) is 4.90 Å². The molecule has 2 rings (SSSR count). The Morgan fingerprint density at radius 3 is 2.08 bits per heavy atom. The number of aliphatic hydroxyl groups excluding tert-OH is 1. The van der Waals surface area contributed by atoms with E-state index in [1.807, 2.05) is 13.8 Å². The first-order valence-corrected chi connectivity index (χ1v) is 5.36. The van der Waals surface area contributed by atoms with E-state index < -0.39 is 0 Å². The van der Waals surface area contributed by atoms with Crippen LogP contribution in [0.3, 0.4) is 0 Å². The Morgan fingerprint density at radius 1 is 1.15 bits per heavy atom. The number of hydrogen-bond donors (Lipinski definition) is 1. The van der Waals surface area contributed by atoms with Gasteiger partial charge in [-0.3, -0.25) is 4.90 Å². The normalized spacial score (nSPS) is 26.1. The van der Waals surface area contributed by atoms with E-state index in [1.54, 1.807) is 0 Å². The highest BCUT2D eigenvalue weighted by Crippen LogP contribution is 2.17. The van der Waals surface area contributed by atoms with Crippen molar-refractivity contribution >= 4 is 0 Å². The molecule has 0 unspecified atom stereocenters. The highest BCUT2D eigenvalue weighted by Gasteiger charge is 2.28. The molecule has 2 saturated heterocycles. The third-order valence-electron chi connectivity index (χ3n) is 2.64. The van der Waals surface area contributed by atoms with Crippen molar-refractivity contribution in [3.8, 4) is 0 Å². The second kappa shape index (κ2) is 5.58. The fraction of sp³-hybridized carbons (Fsp3) is 1.00. The molecule has 2 aliphatic rings. The SMILES string of the molecule is CC.OC1CCN(C2COC2)CC1. The van der Waals surface area contributed by atoms with Gasteiger partial charge in [0.25, 0.3) is 0 Å². The highest BCUT2D eigenvalue weighted by atomic mass is 16.5. The summed E-state index contributed by atoms with van der Waals surface area (Å²) in [5, 5.41) is 9.24. The van der Waals surface area contributed by atoms with Gasteiger partial charge < -0.3 is 9.84 Å². The second-order valence-corrected chi connectivity index (χ2v) is 3.46. The highest BCUT2D eigenvalue weighted by molar-refractivity contribution is 4.81. The van der Waals surface area contributed by atoms with E-state index in [9.17, 15) is 5.11 Å². The van der Waals surface area contributed by atoms with Crippen molar-refractivity contribution in [2.24, 2.45) is 0 Å². The first-order chi connectivity index (χ1) is 6.36. The van der Waals surface area contributed by atoms with Crippen LogP contribution in [0.4, 0.5) is 0 Å². The summed E-state index contributed by atoms with van der Waals surface area (Å²) in [6.07, 6.45) is 1.83. The van der Waals surface area contributed by atoms with Gasteiger partial charge in [0.2, 0.25) is 0 Å². The van der Waals surface area contributed by atoms with E-state index in [1.165, 1.54) is 0 Å². The van der Waals surface area contributed by atoms with Crippen LogP contribution in [0.15, 0.2) is 0 Å². The number of hydrogen-bond acceptors (Lipinski definition) is 3. The van der Waals surface area contributed by atoms with Crippen LogP contribution < -0.4 is 0 Å². The lowest BCUT2D eigenvalue weighted by molar-refractivity contribution is -0.0795. The van der Waals surface area contributed by atoms with Gasteiger partial charge in [-0.1, -0.05) is 13.8 Å². The molecule has 0 bridgehead atoms. The van der Waals surface area contributed by atoms with Gasteiger partial charge in [-0.25, -0.2) is 0 Å². The fourth-order valence-electron chi connectivity index (χ4n) is 1.69. The predicted molar refractivity (Wildman–Crippen MR) is 52.8 cm³/mol. The third-order valence-corrected chi connectivity index (χ3v) is 2.64. The molecule has 2 fully saturated rings. The van der Waals surface area contributed by atoms with Crippen molar-refractivity contribution in [1.29, 1.82) is 0 Å². The maximum Gasteiger partial charge on any atom is 0.0645 e. The molecule has 1 N–H and O–H groups in total. The summed E-state index contributed by atoms with van der Waals surface area (Å²) in [6.45, 7) is 7.90. The van der Waals surface area contributed by atoms with E-state index in [-0.39, 0.29) is 6.10 Å². The minimum absolute atomic E-state index is 0.0488. The minimum Gasteiger partial charge on any atom is -0.393 e. The quantitative estimate of drug-likeness (QED) is 0.661. The molecule has 13 heavy (non-hydrogen) atoms. The first-order valence-electron chi connectivity index (χ1n) is 5.36. The minimum atomic E-state index is -0.0488. The van der Waals surface area contributed by atoms with Crippen LogP contribution in [-0.4, -0.2) is 48.5 Å². The van der Waals surface area contributed by atoms with Crippen LogP contribution in [-0.2, 0) is 4.74 Å². The van der Waals surface area contributed by atoms with Crippen molar-refractivity contribution < 1.29 is 9.84 Å². The van der Waals surface area contributed by atoms with E-state index in [0.717, 1.165) is 39.1 Å². The Balaban J connectivity index is 0.000000396. The number of ether oxygens (including phenoxy) is 1. The maximum atomic E-state index is 9.24. The average molecular weight is 187 g/mol. The first kappa shape index (κ1) is 11.0. The molecule has 0 radical (unpaired) electrons.